The van der Waals surface area contributed by atoms with Gasteiger partial charge in [-0.05, 0) is 19.4 Å². The van der Waals surface area contributed by atoms with E-state index in [4.69, 9.17) is 4.74 Å². The highest BCUT2D eigenvalue weighted by molar-refractivity contribution is 5.79. The lowest BCUT2D eigenvalue weighted by Gasteiger charge is -2.27. The van der Waals surface area contributed by atoms with E-state index in [1.54, 1.807) is 0 Å². The van der Waals surface area contributed by atoms with Crippen LogP contribution >= 0.6 is 0 Å². The first kappa shape index (κ1) is 6.70. The zero-order valence-electron chi connectivity index (χ0n) is 6.46. The van der Waals surface area contributed by atoms with E-state index in [1.807, 2.05) is 6.92 Å². The minimum Gasteiger partial charge on any atom is -0.489 e. The monoisotopic (exact) mass is 153 g/mol. The van der Waals surface area contributed by atoms with Crippen LogP contribution in [0.4, 0.5) is 0 Å². The number of carbonyl (C=O) groups is 1. The normalized spacial score (nSPS) is 35.4. The van der Waals surface area contributed by atoms with Gasteiger partial charge in [0, 0.05) is 6.42 Å². The van der Waals surface area contributed by atoms with E-state index in [0.717, 1.165) is 12.2 Å². The van der Waals surface area contributed by atoms with Crippen molar-refractivity contribution in [1.82, 2.24) is 5.32 Å². The molecule has 2 heterocycles. The van der Waals surface area contributed by atoms with Crippen LogP contribution in [0, 0.1) is 0 Å². The maximum atomic E-state index is 10.8. The molecule has 0 aromatic heterocycles. The fourth-order valence-corrected chi connectivity index (χ4v) is 1.47. The molecule has 1 saturated heterocycles. The molecular formula is C8H11NO2. The quantitative estimate of drug-likeness (QED) is 0.598. The number of amides is 1. The average Bonchev–Trinajstić information content (AvgIpc) is 2.29. The van der Waals surface area contributed by atoms with Crippen LogP contribution in [-0.2, 0) is 9.53 Å². The van der Waals surface area contributed by atoms with E-state index < -0.39 is 0 Å². The molecule has 3 nitrogen and oxygen atoms in total. The first-order valence-electron chi connectivity index (χ1n) is 3.93. The zero-order chi connectivity index (χ0) is 7.84. The van der Waals surface area contributed by atoms with Crippen LogP contribution in [0.3, 0.4) is 0 Å². The van der Waals surface area contributed by atoms with E-state index in [-0.39, 0.29) is 18.1 Å². The summed E-state index contributed by atoms with van der Waals surface area (Å²) in [7, 11) is 0. The third-order valence-electron chi connectivity index (χ3n) is 2.06. The Balaban J connectivity index is 1.98. The molecule has 1 unspecified atom stereocenters. The molecule has 0 spiro atoms. The van der Waals surface area contributed by atoms with Crippen molar-refractivity contribution in [3.63, 3.8) is 0 Å². The second kappa shape index (κ2) is 2.26. The van der Waals surface area contributed by atoms with Gasteiger partial charge in [0.05, 0.1) is 6.04 Å². The van der Waals surface area contributed by atoms with Crippen molar-refractivity contribution < 1.29 is 9.53 Å². The van der Waals surface area contributed by atoms with Crippen LogP contribution in [0.5, 0.6) is 0 Å². The van der Waals surface area contributed by atoms with Gasteiger partial charge < -0.3 is 10.1 Å². The molecule has 2 rings (SSSR count). The molecule has 1 N–H and O–H groups in total. The molecule has 0 saturated carbocycles. The maximum absolute atomic E-state index is 10.8. The maximum Gasteiger partial charge on any atom is 0.220 e. The highest BCUT2D eigenvalue weighted by atomic mass is 16.5. The van der Waals surface area contributed by atoms with Gasteiger partial charge in [0.2, 0.25) is 5.91 Å². The third-order valence-corrected chi connectivity index (χ3v) is 2.06. The van der Waals surface area contributed by atoms with Gasteiger partial charge in [0.15, 0.2) is 0 Å². The summed E-state index contributed by atoms with van der Waals surface area (Å²) in [6.45, 7) is 1.99. The van der Waals surface area contributed by atoms with Crippen LogP contribution in [0.2, 0.25) is 0 Å². The standard InChI is InChI=1S/C8H11NO2/c1-5-4-7(11-5)6-2-3-8(10)9-6/h4-6H,2-3H2,1H3,(H,9,10)/t5?,6-/m0/s1. The molecule has 0 radical (unpaired) electrons. The molecule has 1 fully saturated rings. The molecule has 1 amide bonds. The van der Waals surface area contributed by atoms with E-state index >= 15 is 0 Å². The first-order valence-corrected chi connectivity index (χ1v) is 3.93. The SMILES string of the molecule is CC1C=C([C@@H]2CCC(=O)N2)O1. The Morgan fingerprint density at radius 3 is 2.91 bits per heavy atom. The molecule has 0 aromatic rings. The van der Waals surface area contributed by atoms with Gasteiger partial charge in [-0.2, -0.15) is 0 Å². The molecule has 2 atom stereocenters. The van der Waals surface area contributed by atoms with Gasteiger partial charge in [-0.3, -0.25) is 4.79 Å². The predicted molar refractivity (Wildman–Crippen MR) is 39.8 cm³/mol. The number of carbonyl (C=O) groups excluding carboxylic acids is 1. The summed E-state index contributed by atoms with van der Waals surface area (Å²) >= 11 is 0. The summed E-state index contributed by atoms with van der Waals surface area (Å²) in [5.74, 6) is 1.09. The molecule has 60 valence electrons. The van der Waals surface area contributed by atoms with Crippen LogP contribution in [-0.4, -0.2) is 18.1 Å². The van der Waals surface area contributed by atoms with Crippen molar-refractivity contribution >= 4 is 5.91 Å². The van der Waals surface area contributed by atoms with Crippen LogP contribution in [0.15, 0.2) is 11.8 Å². The van der Waals surface area contributed by atoms with Crippen molar-refractivity contribution in [2.45, 2.75) is 31.9 Å². The molecule has 0 aromatic carbocycles. The molecule has 2 aliphatic heterocycles. The molecular weight excluding hydrogens is 142 g/mol. The number of hydrogen-bond acceptors (Lipinski definition) is 2. The Bertz CT molecular complexity index is 222. The van der Waals surface area contributed by atoms with Crippen LogP contribution in [0.25, 0.3) is 0 Å². The smallest absolute Gasteiger partial charge is 0.220 e. The van der Waals surface area contributed by atoms with Crippen molar-refractivity contribution in [2.75, 3.05) is 0 Å². The van der Waals surface area contributed by atoms with Gasteiger partial charge in [-0.15, -0.1) is 0 Å². The minimum absolute atomic E-state index is 0.138. The van der Waals surface area contributed by atoms with E-state index in [2.05, 4.69) is 11.4 Å². The van der Waals surface area contributed by atoms with E-state index in [9.17, 15) is 4.79 Å². The number of rotatable bonds is 1. The summed E-state index contributed by atoms with van der Waals surface area (Å²) in [5, 5.41) is 2.84. The highest BCUT2D eigenvalue weighted by Gasteiger charge is 2.30. The average molecular weight is 153 g/mol. The predicted octanol–water partition coefficient (Wildman–Crippen LogP) is 0.568. The number of nitrogens with one attached hydrogen (secondary N) is 1. The van der Waals surface area contributed by atoms with Gasteiger partial charge in [-0.1, -0.05) is 0 Å². The Morgan fingerprint density at radius 2 is 2.45 bits per heavy atom. The Labute approximate surface area is 65.4 Å². The van der Waals surface area contributed by atoms with Crippen molar-refractivity contribution in [3.8, 4) is 0 Å². The molecule has 0 aliphatic carbocycles. The lowest BCUT2D eigenvalue weighted by Crippen LogP contribution is -2.34. The van der Waals surface area contributed by atoms with Crippen molar-refractivity contribution in [3.05, 3.63) is 11.8 Å². The topological polar surface area (TPSA) is 38.3 Å². The summed E-state index contributed by atoms with van der Waals surface area (Å²) in [6.07, 6.45) is 3.82. The number of ether oxygens (including phenoxy) is 1. The van der Waals surface area contributed by atoms with Crippen LogP contribution in [0.1, 0.15) is 19.8 Å². The Kier molecular flexibility index (Phi) is 1.37. The lowest BCUT2D eigenvalue weighted by molar-refractivity contribution is -0.119. The number of hydrogen-bond donors (Lipinski definition) is 1. The van der Waals surface area contributed by atoms with Crippen molar-refractivity contribution in [1.29, 1.82) is 0 Å². The van der Waals surface area contributed by atoms with E-state index in [0.29, 0.717) is 6.42 Å². The largest absolute Gasteiger partial charge is 0.489 e. The van der Waals surface area contributed by atoms with Gasteiger partial charge in [-0.25, -0.2) is 0 Å². The summed E-state index contributed by atoms with van der Waals surface area (Å²) in [6, 6.07) is 0.165. The van der Waals surface area contributed by atoms with Gasteiger partial charge >= 0.3 is 0 Å². The summed E-state index contributed by atoms with van der Waals surface area (Å²) in [4.78, 5) is 10.8. The summed E-state index contributed by atoms with van der Waals surface area (Å²) in [5.41, 5.74) is 0. The second-order valence-electron chi connectivity index (χ2n) is 3.05. The third kappa shape index (κ3) is 1.11. The van der Waals surface area contributed by atoms with Gasteiger partial charge in [0.25, 0.3) is 0 Å². The Morgan fingerprint density at radius 1 is 1.73 bits per heavy atom. The molecule has 0 bridgehead atoms. The Hall–Kier alpha value is -0.990. The fraction of sp³-hybridized carbons (Fsp3) is 0.625. The van der Waals surface area contributed by atoms with Gasteiger partial charge in [0.1, 0.15) is 11.9 Å². The second-order valence-corrected chi connectivity index (χ2v) is 3.05. The molecule has 11 heavy (non-hydrogen) atoms. The first-order chi connectivity index (χ1) is 5.25. The molecule has 2 aliphatic rings. The summed E-state index contributed by atoms with van der Waals surface area (Å²) < 4.78 is 5.32. The lowest BCUT2D eigenvalue weighted by atomic mass is 10.1. The zero-order valence-corrected chi connectivity index (χ0v) is 6.46. The van der Waals surface area contributed by atoms with Crippen molar-refractivity contribution in [2.24, 2.45) is 0 Å². The molecule has 3 heteroatoms. The fourth-order valence-electron chi connectivity index (χ4n) is 1.47. The van der Waals surface area contributed by atoms with E-state index in [1.165, 1.54) is 0 Å². The highest BCUT2D eigenvalue weighted by Crippen LogP contribution is 2.24. The minimum atomic E-state index is 0.138. The van der Waals surface area contributed by atoms with Crippen LogP contribution < -0.4 is 5.32 Å².